The van der Waals surface area contributed by atoms with E-state index in [1.165, 1.54) is 86.1 Å². The summed E-state index contributed by atoms with van der Waals surface area (Å²) in [7, 11) is 0. The van der Waals surface area contributed by atoms with Gasteiger partial charge in [-0.1, -0.05) is 158 Å². The Balaban J connectivity index is 1.19. The van der Waals surface area contributed by atoms with Crippen LogP contribution in [-0.2, 0) is 0 Å². The molecule has 0 amide bonds. The summed E-state index contributed by atoms with van der Waals surface area (Å²) in [5.41, 5.74) is 8.43. The quantitative estimate of drug-likeness (QED) is 0.167. The molecule has 0 saturated heterocycles. The standard InChI is InChI=1S/C48H31NS/c1-2-13-32(14-3-1)37-29-30-38(40-18-7-6-17-39(37)40)33-25-27-35(28-26-33)49(45-23-12-22-44-43-21-10-11-24-47(43)50-48(44)45)46-31-34-15-4-5-16-36(34)41-19-8-9-20-42(41)46/h1-31H. The maximum Gasteiger partial charge on any atom is 0.0640 e. The Morgan fingerprint density at radius 1 is 0.340 bits per heavy atom. The van der Waals surface area contributed by atoms with Crippen LogP contribution in [0.15, 0.2) is 188 Å². The highest BCUT2D eigenvalue weighted by atomic mass is 32.1. The molecular formula is C48H31NS. The molecule has 0 saturated carbocycles. The smallest absolute Gasteiger partial charge is 0.0640 e. The van der Waals surface area contributed by atoms with Crippen molar-refractivity contribution in [3.8, 4) is 22.3 Å². The summed E-state index contributed by atoms with van der Waals surface area (Å²) in [5, 5.41) is 10.1. The molecule has 9 aromatic carbocycles. The van der Waals surface area contributed by atoms with Gasteiger partial charge >= 0.3 is 0 Å². The summed E-state index contributed by atoms with van der Waals surface area (Å²) in [5.74, 6) is 0. The van der Waals surface area contributed by atoms with Gasteiger partial charge in [0.25, 0.3) is 0 Å². The molecule has 0 aliphatic carbocycles. The molecule has 0 radical (unpaired) electrons. The van der Waals surface area contributed by atoms with Crippen molar-refractivity contribution < 1.29 is 0 Å². The molecule has 0 N–H and O–H groups in total. The molecule has 10 aromatic rings. The van der Waals surface area contributed by atoms with Gasteiger partial charge in [0.05, 0.1) is 16.1 Å². The molecular weight excluding hydrogens is 623 g/mol. The first-order valence-electron chi connectivity index (χ1n) is 17.1. The Morgan fingerprint density at radius 2 is 0.900 bits per heavy atom. The number of fused-ring (bicyclic) bond motifs is 7. The zero-order valence-electron chi connectivity index (χ0n) is 27.3. The van der Waals surface area contributed by atoms with Gasteiger partial charge in [-0.3, -0.25) is 0 Å². The lowest BCUT2D eigenvalue weighted by Crippen LogP contribution is -2.11. The lowest BCUT2D eigenvalue weighted by atomic mass is 9.92. The summed E-state index contributed by atoms with van der Waals surface area (Å²) in [6.45, 7) is 0. The molecule has 0 unspecified atom stereocenters. The predicted octanol–water partition coefficient (Wildman–Crippen LogP) is 14.3. The third kappa shape index (κ3) is 4.61. The second-order valence-electron chi connectivity index (χ2n) is 12.9. The Hall–Kier alpha value is -6.22. The number of hydrogen-bond donors (Lipinski definition) is 0. The number of thiophene rings is 1. The van der Waals surface area contributed by atoms with E-state index in [2.05, 4.69) is 193 Å². The fourth-order valence-electron chi connectivity index (χ4n) is 7.75. The highest BCUT2D eigenvalue weighted by Crippen LogP contribution is 2.48. The minimum Gasteiger partial charge on any atom is -0.308 e. The highest BCUT2D eigenvalue weighted by molar-refractivity contribution is 7.26. The van der Waals surface area contributed by atoms with Crippen molar-refractivity contribution in [2.24, 2.45) is 0 Å². The number of hydrogen-bond acceptors (Lipinski definition) is 2. The van der Waals surface area contributed by atoms with E-state index < -0.39 is 0 Å². The molecule has 0 atom stereocenters. The average molecular weight is 654 g/mol. The second kappa shape index (κ2) is 11.7. The van der Waals surface area contributed by atoms with Gasteiger partial charge in [0.2, 0.25) is 0 Å². The van der Waals surface area contributed by atoms with E-state index in [0.717, 1.165) is 5.69 Å². The SMILES string of the molecule is c1ccc(-c2ccc(-c3ccc(N(c4cc5ccccc5c5ccccc45)c4cccc5c4sc4ccccc45)cc3)c3ccccc23)cc1. The molecule has 0 aliphatic heterocycles. The Kier molecular flexibility index (Phi) is 6.75. The molecule has 50 heavy (non-hydrogen) atoms. The van der Waals surface area contributed by atoms with Crippen molar-refractivity contribution in [1.82, 2.24) is 0 Å². The van der Waals surface area contributed by atoms with Gasteiger partial charge in [-0.25, -0.2) is 0 Å². The van der Waals surface area contributed by atoms with Gasteiger partial charge in [-0.2, -0.15) is 0 Å². The largest absolute Gasteiger partial charge is 0.308 e. The summed E-state index contributed by atoms with van der Waals surface area (Å²) >= 11 is 1.87. The Labute approximate surface area is 294 Å². The Morgan fingerprint density at radius 3 is 1.64 bits per heavy atom. The van der Waals surface area contributed by atoms with Crippen LogP contribution >= 0.6 is 11.3 Å². The molecule has 10 rings (SSSR count). The fraction of sp³-hybridized carbons (Fsp3) is 0. The van der Waals surface area contributed by atoms with Crippen molar-refractivity contribution in [1.29, 1.82) is 0 Å². The third-order valence-corrected chi connectivity index (χ3v) is 11.3. The van der Waals surface area contributed by atoms with Crippen LogP contribution in [0.1, 0.15) is 0 Å². The lowest BCUT2D eigenvalue weighted by molar-refractivity contribution is 1.32. The predicted molar refractivity (Wildman–Crippen MR) is 217 cm³/mol. The maximum absolute atomic E-state index is 2.48. The highest BCUT2D eigenvalue weighted by Gasteiger charge is 2.21. The fourth-order valence-corrected chi connectivity index (χ4v) is 8.95. The molecule has 2 heteroatoms. The number of rotatable bonds is 5. The van der Waals surface area contributed by atoms with Crippen molar-refractivity contribution in [2.45, 2.75) is 0 Å². The number of nitrogens with zero attached hydrogens (tertiary/aromatic N) is 1. The molecule has 0 bridgehead atoms. The van der Waals surface area contributed by atoms with Gasteiger partial charge < -0.3 is 4.90 Å². The van der Waals surface area contributed by atoms with Crippen LogP contribution in [0.5, 0.6) is 0 Å². The molecule has 0 fully saturated rings. The van der Waals surface area contributed by atoms with E-state index in [4.69, 9.17) is 0 Å². The molecule has 1 aromatic heterocycles. The van der Waals surface area contributed by atoms with Crippen LogP contribution in [-0.4, -0.2) is 0 Å². The topological polar surface area (TPSA) is 3.24 Å². The molecule has 234 valence electrons. The van der Waals surface area contributed by atoms with Crippen molar-refractivity contribution >= 4 is 80.9 Å². The first kappa shape index (κ1) is 28.8. The van der Waals surface area contributed by atoms with Crippen LogP contribution in [0.4, 0.5) is 17.1 Å². The van der Waals surface area contributed by atoms with Crippen LogP contribution in [0, 0.1) is 0 Å². The summed E-state index contributed by atoms with van der Waals surface area (Å²) in [6.07, 6.45) is 0. The van der Waals surface area contributed by atoms with Crippen molar-refractivity contribution in [3.63, 3.8) is 0 Å². The van der Waals surface area contributed by atoms with Gasteiger partial charge in [0.1, 0.15) is 0 Å². The third-order valence-electron chi connectivity index (χ3n) is 10.1. The van der Waals surface area contributed by atoms with E-state index in [9.17, 15) is 0 Å². The van der Waals surface area contributed by atoms with Crippen molar-refractivity contribution in [2.75, 3.05) is 4.90 Å². The minimum absolute atomic E-state index is 1.13. The van der Waals surface area contributed by atoms with Crippen LogP contribution in [0.25, 0.3) is 74.7 Å². The molecule has 1 nitrogen and oxygen atoms in total. The second-order valence-corrected chi connectivity index (χ2v) is 13.9. The van der Waals surface area contributed by atoms with Gasteiger partial charge in [0, 0.05) is 26.5 Å². The van der Waals surface area contributed by atoms with Crippen LogP contribution < -0.4 is 4.90 Å². The normalized spacial score (nSPS) is 11.6. The zero-order chi connectivity index (χ0) is 33.0. The number of anilines is 3. The van der Waals surface area contributed by atoms with Gasteiger partial charge in [-0.15, -0.1) is 11.3 Å². The Bertz CT molecular complexity index is 2870. The summed E-state index contributed by atoms with van der Waals surface area (Å²) < 4.78 is 2.59. The number of benzene rings is 9. The molecule has 1 heterocycles. The first-order valence-corrected chi connectivity index (χ1v) is 17.9. The van der Waals surface area contributed by atoms with E-state index in [1.807, 2.05) is 11.3 Å². The van der Waals surface area contributed by atoms with Gasteiger partial charge in [0.15, 0.2) is 0 Å². The van der Waals surface area contributed by atoms with Crippen molar-refractivity contribution in [3.05, 3.63) is 188 Å². The van der Waals surface area contributed by atoms with E-state index in [0.29, 0.717) is 0 Å². The summed E-state index contributed by atoms with van der Waals surface area (Å²) in [6, 6.07) is 68.7. The van der Waals surface area contributed by atoms with Gasteiger partial charge in [-0.05, 0) is 79.5 Å². The van der Waals surface area contributed by atoms with Crippen LogP contribution in [0.2, 0.25) is 0 Å². The molecule has 0 aliphatic rings. The average Bonchev–Trinajstić information content (AvgIpc) is 3.58. The molecule has 0 spiro atoms. The van der Waals surface area contributed by atoms with E-state index in [1.54, 1.807) is 0 Å². The first-order chi connectivity index (χ1) is 24.8. The maximum atomic E-state index is 2.48. The van der Waals surface area contributed by atoms with E-state index in [-0.39, 0.29) is 0 Å². The van der Waals surface area contributed by atoms with Crippen LogP contribution in [0.3, 0.4) is 0 Å². The minimum atomic E-state index is 1.13. The lowest BCUT2D eigenvalue weighted by Gasteiger charge is -2.28. The monoisotopic (exact) mass is 653 g/mol. The summed E-state index contributed by atoms with van der Waals surface area (Å²) in [4.78, 5) is 2.48. The van der Waals surface area contributed by atoms with E-state index >= 15 is 0 Å². The zero-order valence-corrected chi connectivity index (χ0v) is 28.1.